The second-order valence-electron chi connectivity index (χ2n) is 3.87. The van der Waals surface area contributed by atoms with E-state index in [0.717, 1.165) is 17.0 Å². The smallest absolute Gasteiger partial charge is 0.256 e. The fraction of sp³-hybridized carbons (Fsp3) is 0.231. The second-order valence-corrected chi connectivity index (χ2v) is 4.80. The van der Waals surface area contributed by atoms with Gasteiger partial charge in [-0.25, -0.2) is 9.37 Å². The molecule has 0 N–H and O–H groups in total. The van der Waals surface area contributed by atoms with Gasteiger partial charge in [0.25, 0.3) is 5.22 Å². The fourth-order valence-electron chi connectivity index (χ4n) is 1.45. The van der Waals surface area contributed by atoms with Crippen molar-refractivity contribution in [2.24, 2.45) is 0 Å². The number of nitriles is 1. The lowest BCUT2D eigenvalue weighted by Crippen LogP contribution is -1.86. The summed E-state index contributed by atoms with van der Waals surface area (Å²) < 4.78 is 18.6. The van der Waals surface area contributed by atoms with Crippen molar-refractivity contribution in [3.05, 3.63) is 46.6 Å². The van der Waals surface area contributed by atoms with Gasteiger partial charge in [0.05, 0.1) is 17.3 Å². The third-order valence-electron chi connectivity index (χ3n) is 2.46. The molecule has 0 aliphatic rings. The Labute approximate surface area is 109 Å². The molecule has 0 aliphatic carbocycles. The van der Waals surface area contributed by atoms with E-state index in [-0.39, 0.29) is 0 Å². The Bertz CT molecular complexity index is 596. The summed E-state index contributed by atoms with van der Waals surface area (Å²) in [5.41, 5.74) is 1.92. The van der Waals surface area contributed by atoms with Crippen LogP contribution in [0.25, 0.3) is 0 Å². The molecule has 2 aromatic rings. The van der Waals surface area contributed by atoms with Gasteiger partial charge in [-0.05, 0) is 37.6 Å². The van der Waals surface area contributed by atoms with E-state index >= 15 is 0 Å². The van der Waals surface area contributed by atoms with Gasteiger partial charge in [0.2, 0.25) is 0 Å². The minimum Gasteiger partial charge on any atom is -0.437 e. The average molecular weight is 262 g/mol. The van der Waals surface area contributed by atoms with Crippen molar-refractivity contribution in [2.45, 2.75) is 24.8 Å². The lowest BCUT2D eigenvalue weighted by atomic mass is 10.1. The fourth-order valence-corrected chi connectivity index (χ4v) is 2.29. The van der Waals surface area contributed by atoms with Gasteiger partial charge in [0, 0.05) is 5.75 Å². The summed E-state index contributed by atoms with van der Waals surface area (Å²) in [6.45, 7) is 3.72. The topological polar surface area (TPSA) is 49.8 Å². The van der Waals surface area contributed by atoms with E-state index < -0.39 is 5.82 Å². The maximum absolute atomic E-state index is 13.2. The first-order valence-electron chi connectivity index (χ1n) is 5.35. The summed E-state index contributed by atoms with van der Waals surface area (Å²) in [6.07, 6.45) is 0. The third-order valence-corrected chi connectivity index (χ3v) is 3.36. The van der Waals surface area contributed by atoms with E-state index in [1.165, 1.54) is 23.9 Å². The zero-order valence-corrected chi connectivity index (χ0v) is 10.8. The number of benzene rings is 1. The highest BCUT2D eigenvalue weighted by atomic mass is 32.2. The quantitative estimate of drug-likeness (QED) is 0.793. The summed E-state index contributed by atoms with van der Waals surface area (Å²) >= 11 is 1.38. The lowest BCUT2D eigenvalue weighted by molar-refractivity contribution is 0.431. The number of oxazole rings is 1. The number of aromatic nitrogens is 1. The van der Waals surface area contributed by atoms with Crippen molar-refractivity contribution >= 4 is 11.8 Å². The van der Waals surface area contributed by atoms with Crippen molar-refractivity contribution in [1.82, 2.24) is 4.98 Å². The molecule has 0 radical (unpaired) electrons. The van der Waals surface area contributed by atoms with Crippen LogP contribution in [0.4, 0.5) is 4.39 Å². The van der Waals surface area contributed by atoms with Crippen molar-refractivity contribution < 1.29 is 8.81 Å². The number of nitrogens with zero attached hydrogens (tertiary/aromatic N) is 2. The molecule has 0 fully saturated rings. The highest BCUT2D eigenvalue weighted by molar-refractivity contribution is 7.98. The van der Waals surface area contributed by atoms with Crippen LogP contribution in [-0.2, 0) is 5.75 Å². The monoisotopic (exact) mass is 262 g/mol. The molecule has 18 heavy (non-hydrogen) atoms. The van der Waals surface area contributed by atoms with Gasteiger partial charge in [-0.15, -0.1) is 0 Å². The molecule has 0 bridgehead atoms. The van der Waals surface area contributed by atoms with E-state index in [2.05, 4.69) is 4.98 Å². The average Bonchev–Trinajstić information content (AvgIpc) is 2.65. The normalized spacial score (nSPS) is 10.3. The lowest BCUT2D eigenvalue weighted by Gasteiger charge is -2.00. The van der Waals surface area contributed by atoms with Gasteiger partial charge in [0.15, 0.2) is 0 Å². The Morgan fingerprint density at radius 2 is 2.17 bits per heavy atom. The zero-order valence-electron chi connectivity index (χ0n) is 10.0. The number of hydrogen-bond donors (Lipinski definition) is 0. The Morgan fingerprint density at radius 3 is 2.78 bits per heavy atom. The van der Waals surface area contributed by atoms with E-state index in [0.29, 0.717) is 16.5 Å². The largest absolute Gasteiger partial charge is 0.437 e. The molecule has 2 rings (SSSR count). The van der Waals surface area contributed by atoms with Crippen LogP contribution >= 0.6 is 11.8 Å². The van der Waals surface area contributed by atoms with Gasteiger partial charge >= 0.3 is 0 Å². The van der Waals surface area contributed by atoms with Gasteiger partial charge in [-0.3, -0.25) is 0 Å². The molecule has 0 aliphatic heterocycles. The molecule has 0 saturated heterocycles. The molecule has 0 atom stereocenters. The molecule has 1 aromatic carbocycles. The number of hydrogen-bond acceptors (Lipinski definition) is 4. The van der Waals surface area contributed by atoms with Crippen molar-refractivity contribution in [1.29, 1.82) is 5.26 Å². The van der Waals surface area contributed by atoms with Crippen LogP contribution in [0.5, 0.6) is 0 Å². The van der Waals surface area contributed by atoms with Crippen molar-refractivity contribution in [3.8, 4) is 6.07 Å². The number of halogens is 1. The molecular formula is C13H11FN2OS. The second kappa shape index (κ2) is 5.23. The van der Waals surface area contributed by atoms with Gasteiger partial charge < -0.3 is 4.42 Å². The van der Waals surface area contributed by atoms with E-state index in [9.17, 15) is 4.39 Å². The third kappa shape index (κ3) is 2.90. The minimum absolute atomic E-state index is 0.324. The summed E-state index contributed by atoms with van der Waals surface area (Å²) in [5, 5.41) is 9.32. The molecule has 1 aromatic heterocycles. The highest BCUT2D eigenvalue weighted by Crippen LogP contribution is 2.24. The number of aryl methyl sites for hydroxylation is 2. The predicted octanol–water partition coefficient (Wildman–Crippen LogP) is 3.59. The van der Waals surface area contributed by atoms with Crippen LogP contribution in [0.2, 0.25) is 0 Å². The predicted molar refractivity (Wildman–Crippen MR) is 66.7 cm³/mol. The van der Waals surface area contributed by atoms with Crippen molar-refractivity contribution in [3.63, 3.8) is 0 Å². The van der Waals surface area contributed by atoms with Crippen LogP contribution in [-0.4, -0.2) is 4.98 Å². The maximum Gasteiger partial charge on any atom is 0.256 e. The van der Waals surface area contributed by atoms with Crippen LogP contribution in [0.1, 0.15) is 22.6 Å². The van der Waals surface area contributed by atoms with Gasteiger partial charge in [-0.1, -0.05) is 11.8 Å². The molecular weight excluding hydrogens is 251 g/mol. The van der Waals surface area contributed by atoms with E-state index in [1.54, 1.807) is 6.07 Å². The molecule has 0 amide bonds. The molecule has 3 nitrogen and oxygen atoms in total. The Hall–Kier alpha value is -1.80. The minimum atomic E-state index is -0.399. The van der Waals surface area contributed by atoms with Gasteiger partial charge in [0.1, 0.15) is 11.6 Å². The standard InChI is InChI=1S/C13H11FN2OS/c1-8-9(2)17-13(16-8)18-7-11-3-10(6-15)4-12(14)5-11/h3-5H,7H2,1-2H3. The molecule has 92 valence electrons. The summed E-state index contributed by atoms with van der Waals surface area (Å²) in [4.78, 5) is 4.23. The van der Waals surface area contributed by atoms with Crippen molar-refractivity contribution in [2.75, 3.05) is 0 Å². The zero-order chi connectivity index (χ0) is 13.1. The Balaban J connectivity index is 2.11. The van der Waals surface area contributed by atoms with Crippen LogP contribution in [0, 0.1) is 31.0 Å². The summed E-state index contributed by atoms with van der Waals surface area (Å²) in [6, 6.07) is 6.23. The van der Waals surface area contributed by atoms with Crippen LogP contribution in [0.3, 0.4) is 0 Å². The molecule has 1 heterocycles. The Morgan fingerprint density at radius 1 is 1.39 bits per heavy atom. The first-order chi connectivity index (χ1) is 8.58. The molecule has 0 unspecified atom stereocenters. The number of thioether (sulfide) groups is 1. The summed E-state index contributed by atoms with van der Waals surface area (Å²) in [7, 11) is 0. The highest BCUT2D eigenvalue weighted by Gasteiger charge is 2.07. The first-order valence-corrected chi connectivity index (χ1v) is 6.33. The SMILES string of the molecule is Cc1nc(SCc2cc(F)cc(C#N)c2)oc1C. The van der Waals surface area contributed by atoms with Crippen LogP contribution in [0.15, 0.2) is 27.8 Å². The van der Waals surface area contributed by atoms with E-state index in [1.807, 2.05) is 19.9 Å². The summed E-state index contributed by atoms with van der Waals surface area (Å²) in [5.74, 6) is 0.908. The van der Waals surface area contributed by atoms with Gasteiger partial charge in [-0.2, -0.15) is 5.26 Å². The van der Waals surface area contributed by atoms with E-state index in [4.69, 9.17) is 9.68 Å². The maximum atomic E-state index is 13.2. The first kappa shape index (κ1) is 12.7. The molecule has 0 saturated carbocycles. The molecule has 5 heteroatoms. The van der Waals surface area contributed by atoms with Crippen LogP contribution < -0.4 is 0 Å². The Kier molecular flexibility index (Phi) is 3.68. The molecule has 0 spiro atoms. The number of rotatable bonds is 3.